The maximum atomic E-state index is 12.0. The first-order chi connectivity index (χ1) is 8.38. The van der Waals surface area contributed by atoms with Gasteiger partial charge in [-0.25, -0.2) is 8.42 Å². The van der Waals surface area contributed by atoms with Gasteiger partial charge in [0, 0.05) is 15.8 Å². The lowest BCUT2D eigenvalue weighted by atomic mass is 10.3. The molecule has 1 heterocycles. The van der Waals surface area contributed by atoms with Gasteiger partial charge in [0.25, 0.3) is 0 Å². The van der Waals surface area contributed by atoms with E-state index in [2.05, 4.69) is 4.72 Å². The van der Waals surface area contributed by atoms with Crippen molar-refractivity contribution in [2.75, 3.05) is 5.75 Å². The van der Waals surface area contributed by atoms with E-state index in [1.54, 1.807) is 0 Å². The summed E-state index contributed by atoms with van der Waals surface area (Å²) in [6.07, 6.45) is 0.497. The first kappa shape index (κ1) is 14.1. The molecular formula is C10H9Cl2NO3S2. The van der Waals surface area contributed by atoms with Crippen molar-refractivity contribution in [2.24, 2.45) is 0 Å². The summed E-state index contributed by atoms with van der Waals surface area (Å²) in [6.45, 7) is 0. The molecule has 1 atom stereocenters. The molecule has 0 aromatic heterocycles. The average Bonchev–Trinajstić information content (AvgIpc) is 2.62. The summed E-state index contributed by atoms with van der Waals surface area (Å²) in [5, 5.41) is 0.302. The Bertz CT molecular complexity index is 569. The molecule has 0 saturated carbocycles. The molecule has 0 aliphatic carbocycles. The quantitative estimate of drug-likeness (QED) is 0.926. The van der Waals surface area contributed by atoms with Crippen LogP contribution in [0.2, 0.25) is 10.0 Å². The lowest BCUT2D eigenvalue weighted by Gasteiger charge is -2.11. The Morgan fingerprint density at radius 1 is 1.22 bits per heavy atom. The van der Waals surface area contributed by atoms with Crippen LogP contribution in [0.25, 0.3) is 0 Å². The predicted molar refractivity (Wildman–Crippen MR) is 72.7 cm³/mol. The van der Waals surface area contributed by atoms with Gasteiger partial charge in [0.1, 0.15) is 0 Å². The predicted octanol–water partition coefficient (Wildman–Crippen LogP) is 2.30. The third kappa shape index (κ3) is 3.19. The minimum Gasteiger partial charge on any atom is -0.285 e. The molecule has 98 valence electrons. The Hall–Kier alpha value is -0.270. The van der Waals surface area contributed by atoms with E-state index in [4.69, 9.17) is 23.2 Å². The number of hydrogen-bond donors (Lipinski definition) is 1. The number of benzene rings is 1. The summed E-state index contributed by atoms with van der Waals surface area (Å²) in [7, 11) is -3.77. The van der Waals surface area contributed by atoms with Crippen LogP contribution in [0.1, 0.15) is 6.42 Å². The van der Waals surface area contributed by atoms with E-state index in [1.165, 1.54) is 18.2 Å². The molecule has 1 aliphatic heterocycles. The van der Waals surface area contributed by atoms with Crippen molar-refractivity contribution in [3.8, 4) is 0 Å². The molecule has 1 aromatic rings. The lowest BCUT2D eigenvalue weighted by molar-refractivity contribution is -0.111. The number of sulfonamides is 1. The highest BCUT2D eigenvalue weighted by molar-refractivity contribution is 8.14. The number of carbonyl (C=O) groups excluding carboxylic acids is 1. The van der Waals surface area contributed by atoms with Crippen LogP contribution in [0.5, 0.6) is 0 Å². The third-order valence-electron chi connectivity index (χ3n) is 2.38. The van der Waals surface area contributed by atoms with Crippen molar-refractivity contribution < 1.29 is 13.2 Å². The van der Waals surface area contributed by atoms with E-state index in [9.17, 15) is 13.2 Å². The van der Waals surface area contributed by atoms with Crippen LogP contribution in [0.4, 0.5) is 0 Å². The molecule has 1 fully saturated rings. The van der Waals surface area contributed by atoms with Gasteiger partial charge >= 0.3 is 0 Å². The first-order valence-electron chi connectivity index (χ1n) is 5.03. The number of nitrogens with one attached hydrogen (secondary N) is 1. The minimum absolute atomic E-state index is 0.0373. The molecular weight excluding hydrogens is 317 g/mol. The Morgan fingerprint density at radius 3 is 2.33 bits per heavy atom. The summed E-state index contributed by atoms with van der Waals surface area (Å²) in [4.78, 5) is 11.4. The average molecular weight is 326 g/mol. The second-order valence-electron chi connectivity index (χ2n) is 3.74. The fourth-order valence-electron chi connectivity index (χ4n) is 1.54. The molecule has 1 aliphatic rings. The van der Waals surface area contributed by atoms with Crippen molar-refractivity contribution in [3.05, 3.63) is 28.2 Å². The third-order valence-corrected chi connectivity index (χ3v) is 5.28. The van der Waals surface area contributed by atoms with Gasteiger partial charge in [-0.1, -0.05) is 35.0 Å². The van der Waals surface area contributed by atoms with Gasteiger partial charge in [0.15, 0.2) is 0 Å². The van der Waals surface area contributed by atoms with Crippen LogP contribution >= 0.6 is 35.0 Å². The van der Waals surface area contributed by atoms with Crippen LogP contribution in [0.3, 0.4) is 0 Å². The van der Waals surface area contributed by atoms with Crippen molar-refractivity contribution >= 4 is 50.1 Å². The van der Waals surface area contributed by atoms with Crippen molar-refractivity contribution in [1.82, 2.24) is 4.72 Å². The summed E-state index contributed by atoms with van der Waals surface area (Å²) >= 11 is 12.6. The Kier molecular flexibility index (Phi) is 4.23. The molecule has 0 bridgehead atoms. The Balaban J connectivity index is 2.27. The second-order valence-corrected chi connectivity index (χ2v) is 7.42. The number of rotatable bonds is 3. The molecule has 0 amide bonds. The summed E-state index contributed by atoms with van der Waals surface area (Å²) in [5.74, 6) is 0.627. The maximum absolute atomic E-state index is 12.0. The van der Waals surface area contributed by atoms with Crippen molar-refractivity contribution in [3.63, 3.8) is 0 Å². The monoisotopic (exact) mass is 325 g/mol. The standard InChI is InChI=1S/C10H9Cl2NO3S2/c11-6-3-7(12)5-8(4-6)18(15,16)13-9-1-2-17-10(9)14/h3-5,9,13H,1-2H2. The molecule has 1 N–H and O–H groups in total. The van der Waals surface area contributed by atoms with Gasteiger partial charge < -0.3 is 0 Å². The zero-order valence-corrected chi connectivity index (χ0v) is 12.2. The van der Waals surface area contributed by atoms with E-state index in [0.29, 0.717) is 12.2 Å². The maximum Gasteiger partial charge on any atom is 0.241 e. The van der Waals surface area contributed by atoms with Gasteiger partial charge in [0.2, 0.25) is 15.1 Å². The first-order valence-corrected chi connectivity index (χ1v) is 8.26. The van der Waals surface area contributed by atoms with Gasteiger partial charge in [-0.05, 0) is 24.6 Å². The highest BCUT2D eigenvalue weighted by Gasteiger charge is 2.30. The SMILES string of the molecule is O=C1SCCC1NS(=O)(=O)c1cc(Cl)cc(Cl)c1. The highest BCUT2D eigenvalue weighted by atomic mass is 35.5. The normalized spacial score (nSPS) is 20.3. The molecule has 18 heavy (non-hydrogen) atoms. The topological polar surface area (TPSA) is 63.2 Å². The summed E-state index contributed by atoms with van der Waals surface area (Å²) in [6, 6.07) is 3.36. The fraction of sp³-hybridized carbons (Fsp3) is 0.300. The van der Waals surface area contributed by atoms with Crippen LogP contribution < -0.4 is 4.72 Å². The molecule has 0 radical (unpaired) electrons. The summed E-state index contributed by atoms with van der Waals surface area (Å²) in [5.41, 5.74) is 0. The van der Waals surface area contributed by atoms with Crippen LogP contribution in [0.15, 0.2) is 23.1 Å². The zero-order chi connectivity index (χ0) is 13.3. The van der Waals surface area contributed by atoms with Crippen LogP contribution in [-0.4, -0.2) is 25.3 Å². The molecule has 4 nitrogen and oxygen atoms in total. The number of thioether (sulfide) groups is 1. The van der Waals surface area contributed by atoms with Crippen LogP contribution in [0, 0.1) is 0 Å². The molecule has 2 rings (SSSR count). The molecule has 0 spiro atoms. The molecule has 1 aromatic carbocycles. The minimum atomic E-state index is -3.77. The van der Waals surface area contributed by atoms with Gasteiger partial charge in [-0.15, -0.1) is 0 Å². The molecule has 1 saturated heterocycles. The number of carbonyl (C=O) groups is 1. The second kappa shape index (κ2) is 5.38. The van der Waals surface area contributed by atoms with Gasteiger partial charge in [-0.2, -0.15) is 4.72 Å². The van der Waals surface area contributed by atoms with Crippen molar-refractivity contribution in [1.29, 1.82) is 0 Å². The van der Waals surface area contributed by atoms with Gasteiger partial charge in [-0.3, -0.25) is 4.79 Å². The zero-order valence-electron chi connectivity index (χ0n) is 9.02. The van der Waals surface area contributed by atoms with Crippen LogP contribution in [-0.2, 0) is 14.8 Å². The van der Waals surface area contributed by atoms with Gasteiger partial charge in [0.05, 0.1) is 10.9 Å². The summed E-state index contributed by atoms with van der Waals surface area (Å²) < 4.78 is 26.5. The smallest absolute Gasteiger partial charge is 0.241 e. The number of hydrogen-bond acceptors (Lipinski definition) is 4. The van der Waals surface area contributed by atoms with E-state index < -0.39 is 16.1 Å². The lowest BCUT2D eigenvalue weighted by Crippen LogP contribution is -2.37. The fourth-order valence-corrected chi connectivity index (χ4v) is 4.50. The van der Waals surface area contributed by atoms with E-state index in [-0.39, 0.29) is 20.1 Å². The van der Waals surface area contributed by atoms with E-state index in [0.717, 1.165) is 11.8 Å². The largest absolute Gasteiger partial charge is 0.285 e. The molecule has 1 unspecified atom stereocenters. The Morgan fingerprint density at radius 2 is 1.83 bits per heavy atom. The van der Waals surface area contributed by atoms with E-state index in [1.807, 2.05) is 0 Å². The molecule has 8 heteroatoms. The Labute approximate surface area is 119 Å². The highest BCUT2D eigenvalue weighted by Crippen LogP contribution is 2.25. The van der Waals surface area contributed by atoms with E-state index >= 15 is 0 Å². The number of halogens is 2. The van der Waals surface area contributed by atoms with Crippen molar-refractivity contribution in [2.45, 2.75) is 17.4 Å².